The second-order valence-electron chi connectivity index (χ2n) is 7.89. The summed E-state index contributed by atoms with van der Waals surface area (Å²) in [6, 6.07) is 12.9. The fourth-order valence-corrected chi connectivity index (χ4v) is 3.41. The Labute approximate surface area is 182 Å². The lowest BCUT2D eigenvalue weighted by molar-refractivity contribution is -0.149. The number of rotatable bonds is 8. The van der Waals surface area contributed by atoms with Crippen molar-refractivity contribution in [3.8, 4) is 5.75 Å². The van der Waals surface area contributed by atoms with Crippen molar-refractivity contribution >= 4 is 29.2 Å². The van der Waals surface area contributed by atoms with Gasteiger partial charge in [-0.1, -0.05) is 26.0 Å². The van der Waals surface area contributed by atoms with E-state index in [-0.39, 0.29) is 18.4 Å². The summed E-state index contributed by atoms with van der Waals surface area (Å²) < 4.78 is 10.6. The van der Waals surface area contributed by atoms with Crippen LogP contribution in [0.5, 0.6) is 5.75 Å². The lowest BCUT2D eigenvalue weighted by Crippen LogP contribution is -2.24. The van der Waals surface area contributed by atoms with E-state index in [2.05, 4.69) is 19.2 Å². The molecule has 1 aliphatic rings. The van der Waals surface area contributed by atoms with Crippen LogP contribution < -0.4 is 15.0 Å². The molecule has 1 N–H and O–H groups in total. The SMILES string of the molecule is Cc1ccc(C(C)C)c(OCC(=O)OCC(=O)Nc2ccc(N3CCCC3=O)cc2)c1. The fourth-order valence-electron chi connectivity index (χ4n) is 3.41. The lowest BCUT2D eigenvalue weighted by Gasteiger charge is -2.16. The quantitative estimate of drug-likeness (QED) is 0.652. The van der Waals surface area contributed by atoms with E-state index in [0.29, 0.717) is 24.4 Å². The second kappa shape index (κ2) is 10.1. The van der Waals surface area contributed by atoms with E-state index in [1.54, 1.807) is 29.2 Å². The van der Waals surface area contributed by atoms with Crippen LogP contribution in [0.15, 0.2) is 42.5 Å². The van der Waals surface area contributed by atoms with Crippen molar-refractivity contribution in [3.63, 3.8) is 0 Å². The minimum atomic E-state index is -0.616. The maximum absolute atomic E-state index is 12.1. The van der Waals surface area contributed by atoms with Gasteiger partial charge in [-0.3, -0.25) is 9.59 Å². The van der Waals surface area contributed by atoms with Gasteiger partial charge in [0.15, 0.2) is 13.2 Å². The number of benzene rings is 2. The first kappa shape index (κ1) is 22.3. The predicted octanol–water partition coefficient (Wildman–Crippen LogP) is 3.81. The van der Waals surface area contributed by atoms with Crippen molar-refractivity contribution in [2.45, 2.75) is 39.5 Å². The van der Waals surface area contributed by atoms with Gasteiger partial charge in [0.2, 0.25) is 5.91 Å². The van der Waals surface area contributed by atoms with Crippen LogP contribution in [0, 0.1) is 6.92 Å². The van der Waals surface area contributed by atoms with E-state index in [4.69, 9.17) is 9.47 Å². The lowest BCUT2D eigenvalue weighted by atomic mass is 10.0. The Hall–Kier alpha value is -3.35. The van der Waals surface area contributed by atoms with Crippen molar-refractivity contribution in [1.29, 1.82) is 0 Å². The number of nitrogens with zero attached hydrogens (tertiary/aromatic N) is 1. The zero-order chi connectivity index (χ0) is 22.4. The molecule has 0 bridgehead atoms. The highest BCUT2D eigenvalue weighted by Gasteiger charge is 2.21. The highest BCUT2D eigenvalue weighted by atomic mass is 16.6. The number of hydrogen-bond acceptors (Lipinski definition) is 5. The Kier molecular flexibility index (Phi) is 7.28. The van der Waals surface area contributed by atoms with Crippen LogP contribution in [0.25, 0.3) is 0 Å². The Bertz CT molecular complexity index is 953. The number of aryl methyl sites for hydroxylation is 1. The minimum absolute atomic E-state index is 0.108. The smallest absolute Gasteiger partial charge is 0.344 e. The van der Waals surface area contributed by atoms with Gasteiger partial charge < -0.3 is 19.7 Å². The first-order chi connectivity index (χ1) is 14.8. The van der Waals surface area contributed by atoms with E-state index in [9.17, 15) is 14.4 Å². The van der Waals surface area contributed by atoms with Crippen LogP contribution in [-0.2, 0) is 19.1 Å². The fraction of sp³-hybridized carbons (Fsp3) is 0.375. The van der Waals surface area contributed by atoms with Crippen molar-refractivity contribution in [1.82, 2.24) is 0 Å². The molecule has 0 atom stereocenters. The van der Waals surface area contributed by atoms with Gasteiger partial charge in [-0.25, -0.2) is 4.79 Å². The molecule has 2 aromatic rings. The molecule has 0 saturated carbocycles. The molecule has 2 aromatic carbocycles. The van der Waals surface area contributed by atoms with Crippen molar-refractivity contribution in [2.24, 2.45) is 0 Å². The highest BCUT2D eigenvalue weighted by molar-refractivity contribution is 5.96. The Morgan fingerprint density at radius 2 is 1.84 bits per heavy atom. The highest BCUT2D eigenvalue weighted by Crippen LogP contribution is 2.27. The monoisotopic (exact) mass is 424 g/mol. The summed E-state index contributed by atoms with van der Waals surface area (Å²) >= 11 is 0. The zero-order valence-corrected chi connectivity index (χ0v) is 18.1. The molecular formula is C24H28N2O5. The second-order valence-corrected chi connectivity index (χ2v) is 7.89. The van der Waals surface area contributed by atoms with Crippen molar-refractivity contribution in [3.05, 3.63) is 53.6 Å². The van der Waals surface area contributed by atoms with E-state index in [1.165, 1.54) is 0 Å². The van der Waals surface area contributed by atoms with Crippen LogP contribution in [0.2, 0.25) is 0 Å². The van der Waals surface area contributed by atoms with Gasteiger partial charge in [0.05, 0.1) is 0 Å². The van der Waals surface area contributed by atoms with Gasteiger partial charge in [0, 0.05) is 24.3 Å². The molecule has 164 valence electrons. The molecule has 1 fully saturated rings. The number of nitrogens with one attached hydrogen (secondary N) is 1. The number of amides is 2. The molecular weight excluding hydrogens is 396 g/mol. The van der Waals surface area contributed by atoms with E-state index in [0.717, 1.165) is 23.2 Å². The minimum Gasteiger partial charge on any atom is -0.482 e. The first-order valence-corrected chi connectivity index (χ1v) is 10.4. The molecule has 2 amide bonds. The number of esters is 1. The standard InChI is InChI=1S/C24H28N2O5/c1-16(2)20-11-6-17(3)13-21(20)30-15-24(29)31-14-22(27)25-18-7-9-19(10-8-18)26-12-4-5-23(26)28/h6-11,13,16H,4-5,12,14-15H2,1-3H3,(H,25,27). The molecule has 31 heavy (non-hydrogen) atoms. The maximum Gasteiger partial charge on any atom is 0.344 e. The summed E-state index contributed by atoms with van der Waals surface area (Å²) in [4.78, 5) is 37.6. The summed E-state index contributed by atoms with van der Waals surface area (Å²) in [5.41, 5.74) is 3.41. The Balaban J connectivity index is 1.45. The van der Waals surface area contributed by atoms with Gasteiger partial charge in [-0.2, -0.15) is 0 Å². The third kappa shape index (κ3) is 6.07. The third-order valence-electron chi connectivity index (χ3n) is 5.04. The molecule has 0 radical (unpaired) electrons. The average Bonchev–Trinajstić information content (AvgIpc) is 3.17. The zero-order valence-electron chi connectivity index (χ0n) is 18.1. The molecule has 3 rings (SSSR count). The topological polar surface area (TPSA) is 84.9 Å². The molecule has 0 aromatic heterocycles. The predicted molar refractivity (Wildman–Crippen MR) is 118 cm³/mol. The maximum atomic E-state index is 12.1. The van der Waals surface area contributed by atoms with Gasteiger partial charge >= 0.3 is 5.97 Å². The summed E-state index contributed by atoms with van der Waals surface area (Å²) in [6.07, 6.45) is 1.42. The first-order valence-electron chi connectivity index (χ1n) is 10.4. The molecule has 1 heterocycles. The van der Waals surface area contributed by atoms with Crippen LogP contribution in [0.3, 0.4) is 0 Å². The van der Waals surface area contributed by atoms with Crippen LogP contribution >= 0.6 is 0 Å². The van der Waals surface area contributed by atoms with Crippen molar-refractivity contribution in [2.75, 3.05) is 30.0 Å². The molecule has 1 aliphatic heterocycles. The number of anilines is 2. The number of carbonyl (C=O) groups excluding carboxylic acids is 3. The van der Waals surface area contributed by atoms with Crippen LogP contribution in [-0.4, -0.2) is 37.5 Å². The Morgan fingerprint density at radius 3 is 2.48 bits per heavy atom. The van der Waals surface area contributed by atoms with Crippen LogP contribution in [0.1, 0.15) is 43.7 Å². The molecule has 0 aliphatic carbocycles. The summed E-state index contributed by atoms with van der Waals surface area (Å²) in [5, 5.41) is 2.67. The molecule has 0 spiro atoms. The van der Waals surface area contributed by atoms with E-state index < -0.39 is 18.5 Å². The van der Waals surface area contributed by atoms with Gasteiger partial charge in [-0.15, -0.1) is 0 Å². The average molecular weight is 424 g/mol. The Morgan fingerprint density at radius 1 is 1.10 bits per heavy atom. The molecule has 0 unspecified atom stereocenters. The number of hydrogen-bond donors (Lipinski definition) is 1. The normalized spacial score (nSPS) is 13.4. The molecule has 7 heteroatoms. The molecule has 1 saturated heterocycles. The van der Waals surface area contributed by atoms with Crippen molar-refractivity contribution < 1.29 is 23.9 Å². The third-order valence-corrected chi connectivity index (χ3v) is 5.04. The summed E-state index contributed by atoms with van der Waals surface area (Å²) in [7, 11) is 0. The summed E-state index contributed by atoms with van der Waals surface area (Å²) in [6.45, 7) is 6.10. The number of ether oxygens (including phenoxy) is 2. The van der Waals surface area contributed by atoms with E-state index in [1.807, 2.05) is 25.1 Å². The van der Waals surface area contributed by atoms with Gasteiger partial charge in [0.1, 0.15) is 5.75 Å². The van der Waals surface area contributed by atoms with Gasteiger partial charge in [0.25, 0.3) is 5.91 Å². The van der Waals surface area contributed by atoms with E-state index >= 15 is 0 Å². The van der Waals surface area contributed by atoms with Gasteiger partial charge in [-0.05, 0) is 60.7 Å². The molecule has 7 nitrogen and oxygen atoms in total. The summed E-state index contributed by atoms with van der Waals surface area (Å²) in [5.74, 6) is -0.0523. The number of carbonyl (C=O) groups is 3. The largest absolute Gasteiger partial charge is 0.482 e. The van der Waals surface area contributed by atoms with Crippen LogP contribution in [0.4, 0.5) is 11.4 Å².